The Morgan fingerprint density at radius 1 is 1.27 bits per heavy atom. The van der Waals surface area contributed by atoms with E-state index >= 15 is 0 Å². The molecule has 0 aliphatic carbocycles. The van der Waals surface area contributed by atoms with E-state index in [1.54, 1.807) is 25.6 Å². The maximum absolute atomic E-state index is 12.6. The second-order valence-corrected chi connectivity index (χ2v) is 8.30. The summed E-state index contributed by atoms with van der Waals surface area (Å²) in [7, 11) is 1.68. The van der Waals surface area contributed by atoms with Crippen molar-refractivity contribution in [3.05, 3.63) is 47.1 Å². The van der Waals surface area contributed by atoms with Crippen molar-refractivity contribution in [1.29, 1.82) is 5.26 Å². The normalized spacial score (nSPS) is 15.8. The first kappa shape index (κ1) is 24.4. The van der Waals surface area contributed by atoms with Crippen LogP contribution in [-0.4, -0.2) is 78.3 Å². The predicted molar refractivity (Wildman–Crippen MR) is 128 cm³/mol. The molecule has 1 aliphatic rings. The monoisotopic (exact) mass is 451 g/mol. The molecule has 1 atom stereocenters. The summed E-state index contributed by atoms with van der Waals surface area (Å²) in [6, 6.07) is 6.04. The molecular weight excluding hydrogens is 418 g/mol. The molecule has 1 fully saturated rings. The van der Waals surface area contributed by atoms with Crippen molar-refractivity contribution in [3.63, 3.8) is 0 Å². The molecule has 3 heterocycles. The maximum Gasteiger partial charge on any atom is 0.261 e. The molecular formula is C24H33N7O2. The van der Waals surface area contributed by atoms with Crippen LogP contribution in [-0.2, 0) is 9.53 Å². The number of rotatable bonds is 9. The molecule has 33 heavy (non-hydrogen) atoms. The quantitative estimate of drug-likeness (QED) is 0.459. The summed E-state index contributed by atoms with van der Waals surface area (Å²) in [6.07, 6.45) is 5.18. The molecule has 0 bridgehead atoms. The van der Waals surface area contributed by atoms with Crippen LogP contribution in [0.5, 0.6) is 0 Å². The van der Waals surface area contributed by atoms with Crippen molar-refractivity contribution < 1.29 is 9.53 Å². The number of aryl methyl sites for hydroxylation is 1. The molecule has 0 radical (unpaired) electrons. The highest BCUT2D eigenvalue weighted by molar-refractivity contribution is 6.01. The van der Waals surface area contributed by atoms with Crippen LogP contribution in [0.2, 0.25) is 0 Å². The number of nitriles is 1. The van der Waals surface area contributed by atoms with Gasteiger partial charge in [0.15, 0.2) is 0 Å². The van der Waals surface area contributed by atoms with Crippen LogP contribution in [0, 0.1) is 25.2 Å². The zero-order chi connectivity index (χ0) is 23.8. The van der Waals surface area contributed by atoms with E-state index in [0.717, 1.165) is 55.6 Å². The van der Waals surface area contributed by atoms with Crippen molar-refractivity contribution in [2.75, 3.05) is 57.9 Å². The summed E-state index contributed by atoms with van der Waals surface area (Å²) in [5.41, 5.74) is 3.07. The smallest absolute Gasteiger partial charge is 0.261 e. The number of hydrogen-bond acceptors (Lipinski definition) is 7. The van der Waals surface area contributed by atoms with Crippen LogP contribution in [0.4, 0.5) is 5.95 Å². The minimum Gasteiger partial charge on any atom is -0.383 e. The highest BCUT2D eigenvalue weighted by Gasteiger charge is 2.19. The molecule has 2 aromatic rings. The number of ether oxygens (including phenoxy) is 1. The molecule has 0 aromatic carbocycles. The lowest BCUT2D eigenvalue weighted by Gasteiger charge is -2.34. The number of carbonyl (C=O) groups excluding carboxylic acids is 1. The van der Waals surface area contributed by atoms with Crippen LogP contribution in [0.25, 0.3) is 6.08 Å². The van der Waals surface area contributed by atoms with Crippen molar-refractivity contribution in [3.8, 4) is 6.07 Å². The van der Waals surface area contributed by atoms with E-state index in [1.165, 1.54) is 0 Å². The van der Waals surface area contributed by atoms with Gasteiger partial charge in [-0.05, 0) is 44.5 Å². The summed E-state index contributed by atoms with van der Waals surface area (Å²) in [4.78, 5) is 25.7. The lowest BCUT2D eigenvalue weighted by Crippen LogP contribution is -2.49. The van der Waals surface area contributed by atoms with Crippen LogP contribution >= 0.6 is 0 Å². The van der Waals surface area contributed by atoms with E-state index in [1.807, 2.05) is 26.0 Å². The van der Waals surface area contributed by atoms with Gasteiger partial charge in [0, 0.05) is 70.2 Å². The van der Waals surface area contributed by atoms with Crippen molar-refractivity contribution in [2.45, 2.75) is 26.8 Å². The van der Waals surface area contributed by atoms with Gasteiger partial charge in [-0.2, -0.15) is 5.26 Å². The Morgan fingerprint density at radius 3 is 2.61 bits per heavy atom. The fourth-order valence-electron chi connectivity index (χ4n) is 4.30. The van der Waals surface area contributed by atoms with Crippen molar-refractivity contribution in [1.82, 2.24) is 24.8 Å². The molecule has 9 heteroatoms. The minimum atomic E-state index is -0.344. The van der Waals surface area contributed by atoms with E-state index in [0.29, 0.717) is 13.2 Å². The third-order valence-corrected chi connectivity index (χ3v) is 5.96. The standard InChI is InChI=1S/C24H33N7O2/c1-18-14-21(20(3)31(18)19(2)17-33-4)15-22(16-25)23(32)26-8-9-29-10-12-30(13-11-29)24-27-6-5-7-28-24/h5-7,14-15,19H,8-13,17H2,1-4H3,(H,26,32)/b22-15+. The number of nitrogens with one attached hydrogen (secondary N) is 1. The maximum atomic E-state index is 12.6. The Kier molecular flexibility index (Phi) is 8.58. The number of anilines is 1. The fraction of sp³-hybridized carbons (Fsp3) is 0.500. The van der Waals surface area contributed by atoms with E-state index < -0.39 is 0 Å². The number of carbonyl (C=O) groups is 1. The van der Waals surface area contributed by atoms with E-state index in [2.05, 4.69) is 42.6 Å². The number of piperazine rings is 1. The Bertz CT molecular complexity index is 1000. The molecule has 0 saturated carbocycles. The van der Waals surface area contributed by atoms with Crippen molar-refractivity contribution in [2.24, 2.45) is 0 Å². The van der Waals surface area contributed by atoms with Crippen LogP contribution < -0.4 is 10.2 Å². The molecule has 1 amide bonds. The first-order chi connectivity index (χ1) is 15.9. The molecule has 2 aromatic heterocycles. The molecule has 1 N–H and O–H groups in total. The molecule has 1 aliphatic heterocycles. The van der Waals surface area contributed by atoms with Crippen LogP contribution in [0.3, 0.4) is 0 Å². The predicted octanol–water partition coefficient (Wildman–Crippen LogP) is 1.95. The first-order valence-corrected chi connectivity index (χ1v) is 11.3. The minimum absolute atomic E-state index is 0.112. The molecule has 1 saturated heterocycles. The van der Waals surface area contributed by atoms with Gasteiger partial charge in [0.25, 0.3) is 5.91 Å². The number of amides is 1. The molecule has 0 spiro atoms. The lowest BCUT2D eigenvalue weighted by molar-refractivity contribution is -0.117. The van der Waals surface area contributed by atoms with Gasteiger partial charge in [-0.1, -0.05) is 0 Å². The largest absolute Gasteiger partial charge is 0.383 e. The average molecular weight is 452 g/mol. The Labute approximate surface area is 195 Å². The second kappa shape index (κ2) is 11.6. The van der Waals surface area contributed by atoms with Crippen molar-refractivity contribution >= 4 is 17.9 Å². The van der Waals surface area contributed by atoms with E-state index in [-0.39, 0.29) is 17.5 Å². The first-order valence-electron chi connectivity index (χ1n) is 11.3. The average Bonchev–Trinajstić information content (AvgIpc) is 3.11. The fourth-order valence-corrected chi connectivity index (χ4v) is 4.30. The number of aromatic nitrogens is 3. The number of methoxy groups -OCH3 is 1. The number of hydrogen-bond donors (Lipinski definition) is 1. The van der Waals surface area contributed by atoms with Gasteiger partial charge in [0.2, 0.25) is 5.95 Å². The van der Waals surface area contributed by atoms with Gasteiger partial charge in [-0.3, -0.25) is 9.69 Å². The van der Waals surface area contributed by atoms with Gasteiger partial charge >= 0.3 is 0 Å². The van der Waals surface area contributed by atoms with Gasteiger partial charge in [0.05, 0.1) is 12.6 Å². The Morgan fingerprint density at radius 2 is 1.97 bits per heavy atom. The summed E-state index contributed by atoms with van der Waals surface area (Å²) < 4.78 is 7.44. The Hall–Kier alpha value is -3.22. The summed E-state index contributed by atoms with van der Waals surface area (Å²) >= 11 is 0. The summed E-state index contributed by atoms with van der Waals surface area (Å²) in [6.45, 7) is 11.4. The lowest BCUT2D eigenvalue weighted by atomic mass is 10.1. The molecule has 176 valence electrons. The highest BCUT2D eigenvalue weighted by Crippen LogP contribution is 2.22. The van der Waals surface area contributed by atoms with Crippen LogP contribution in [0.15, 0.2) is 30.1 Å². The van der Waals surface area contributed by atoms with Gasteiger partial charge < -0.3 is 19.5 Å². The summed E-state index contributed by atoms with van der Waals surface area (Å²) in [5, 5.41) is 12.5. The SMILES string of the molecule is COCC(C)n1c(C)cc(/C=C(\C#N)C(=O)NCCN2CCN(c3ncccn3)CC2)c1C. The molecule has 3 rings (SSSR count). The Balaban J connectivity index is 1.52. The van der Waals surface area contributed by atoms with Gasteiger partial charge in [-0.25, -0.2) is 9.97 Å². The highest BCUT2D eigenvalue weighted by atomic mass is 16.5. The third kappa shape index (κ3) is 6.18. The second-order valence-electron chi connectivity index (χ2n) is 8.30. The van der Waals surface area contributed by atoms with E-state index in [4.69, 9.17) is 4.74 Å². The van der Waals surface area contributed by atoms with E-state index in [9.17, 15) is 10.1 Å². The third-order valence-electron chi connectivity index (χ3n) is 5.96. The zero-order valence-electron chi connectivity index (χ0n) is 19.9. The topological polar surface area (TPSA) is 99.3 Å². The van der Waals surface area contributed by atoms with Gasteiger partial charge in [-0.15, -0.1) is 0 Å². The summed E-state index contributed by atoms with van der Waals surface area (Å²) in [5.74, 6) is 0.411. The molecule has 1 unspecified atom stereocenters. The zero-order valence-corrected chi connectivity index (χ0v) is 19.9. The van der Waals surface area contributed by atoms with Gasteiger partial charge in [0.1, 0.15) is 11.6 Å². The number of nitrogens with zero attached hydrogens (tertiary/aromatic N) is 6. The molecule has 9 nitrogen and oxygen atoms in total. The van der Waals surface area contributed by atoms with Crippen LogP contribution in [0.1, 0.15) is 29.9 Å².